The van der Waals surface area contributed by atoms with Gasteiger partial charge in [0, 0.05) is 23.2 Å². The Morgan fingerprint density at radius 1 is 0.971 bits per heavy atom. The second-order valence-electron chi connectivity index (χ2n) is 7.87. The normalized spacial score (nSPS) is 15.0. The number of aliphatic hydroxyl groups is 1. The molecule has 4 aromatic rings. The molecule has 9 heteroatoms. The third-order valence-electron chi connectivity index (χ3n) is 5.82. The number of hydrogen-bond acceptors (Lipinski definition) is 5. The van der Waals surface area contributed by atoms with E-state index in [4.69, 9.17) is 4.42 Å². The highest BCUT2D eigenvalue weighted by Crippen LogP contribution is 2.41. The van der Waals surface area contributed by atoms with Crippen LogP contribution in [0.5, 0.6) is 0 Å². The summed E-state index contributed by atoms with van der Waals surface area (Å²) >= 11 is 0. The fraction of sp³-hybridized carbons (Fsp3) is 0.160. The van der Waals surface area contributed by atoms with Crippen LogP contribution in [0.15, 0.2) is 77.2 Å². The second kappa shape index (κ2) is 8.75. The van der Waals surface area contributed by atoms with E-state index in [1.165, 1.54) is 29.2 Å². The van der Waals surface area contributed by atoms with E-state index in [1.807, 2.05) is 0 Å². The van der Waals surface area contributed by atoms with Crippen LogP contribution in [0.25, 0.3) is 11.5 Å². The molecule has 0 spiro atoms. The molecule has 34 heavy (non-hydrogen) atoms. The van der Waals surface area contributed by atoms with Crippen molar-refractivity contribution in [3.05, 3.63) is 107 Å². The Kier molecular flexibility index (Phi) is 5.62. The van der Waals surface area contributed by atoms with Crippen LogP contribution < -0.4 is 0 Å². The molecule has 1 aromatic heterocycles. The lowest BCUT2D eigenvalue weighted by molar-refractivity contribution is 0.0349. The van der Waals surface area contributed by atoms with Gasteiger partial charge in [0.05, 0.1) is 6.04 Å². The molecule has 5 rings (SSSR count). The first-order chi connectivity index (χ1) is 16.4. The number of fused-ring (bicyclic) bond motifs is 1. The average molecular weight is 465 g/mol. The molecule has 1 N–H and O–H groups in total. The first kappa shape index (κ1) is 21.8. The van der Waals surface area contributed by atoms with E-state index in [-0.39, 0.29) is 23.6 Å². The molecule has 0 radical (unpaired) electrons. The summed E-state index contributed by atoms with van der Waals surface area (Å²) in [5, 5.41) is 18.2. The number of aliphatic hydroxyl groups excluding tert-OH is 1. The molecule has 1 aliphatic rings. The Morgan fingerprint density at radius 3 is 2.41 bits per heavy atom. The largest absolute Gasteiger partial charge is 0.415 e. The van der Waals surface area contributed by atoms with E-state index in [1.54, 1.807) is 48.5 Å². The molecule has 0 saturated heterocycles. The van der Waals surface area contributed by atoms with Crippen LogP contribution in [0.1, 0.15) is 51.5 Å². The fourth-order valence-electron chi connectivity index (χ4n) is 4.18. The maximum absolute atomic E-state index is 14.8. The van der Waals surface area contributed by atoms with Gasteiger partial charge in [0.25, 0.3) is 11.8 Å². The Bertz CT molecular complexity index is 1340. The SMILES string of the molecule is O=C1c2cc(-c3nnc(C(F)F)o3)ccc2CN1C(c1ccccc1F)C(O)c1ccccc1. The van der Waals surface area contributed by atoms with Crippen molar-refractivity contribution in [2.24, 2.45) is 0 Å². The first-order valence-corrected chi connectivity index (χ1v) is 10.5. The molecule has 0 aliphatic carbocycles. The van der Waals surface area contributed by atoms with Crippen molar-refractivity contribution in [2.75, 3.05) is 0 Å². The third-order valence-corrected chi connectivity index (χ3v) is 5.82. The standard InChI is InChI=1S/C25H18F3N3O3/c26-19-9-5-4-8-17(19)20(21(32)14-6-2-1-3-7-14)31-13-16-11-10-15(12-18(16)25(31)33)23-29-30-24(34-23)22(27)28/h1-12,20-22,32H,13H2. The average Bonchev–Trinajstić information content (AvgIpc) is 3.47. The molecule has 2 unspecified atom stereocenters. The summed E-state index contributed by atoms with van der Waals surface area (Å²) in [7, 11) is 0. The molecular formula is C25H18F3N3O3. The molecule has 3 aromatic carbocycles. The quantitative estimate of drug-likeness (QED) is 0.421. The van der Waals surface area contributed by atoms with Gasteiger partial charge in [-0.05, 0) is 29.3 Å². The van der Waals surface area contributed by atoms with Crippen LogP contribution in [-0.4, -0.2) is 26.1 Å². The number of carbonyl (C=O) groups is 1. The minimum atomic E-state index is -2.91. The summed E-state index contributed by atoms with van der Waals surface area (Å²) in [5.74, 6) is -1.93. The maximum atomic E-state index is 14.8. The van der Waals surface area contributed by atoms with Crippen molar-refractivity contribution in [1.29, 1.82) is 0 Å². The number of halogens is 3. The van der Waals surface area contributed by atoms with E-state index in [9.17, 15) is 23.1 Å². The molecule has 172 valence electrons. The summed E-state index contributed by atoms with van der Waals surface area (Å²) in [6.45, 7) is 0.128. The predicted octanol–water partition coefficient (Wildman–Crippen LogP) is 5.24. The number of amides is 1. The summed E-state index contributed by atoms with van der Waals surface area (Å²) < 4.78 is 45.5. The zero-order chi connectivity index (χ0) is 23.8. The minimum absolute atomic E-state index is 0.128. The van der Waals surface area contributed by atoms with Crippen LogP contribution in [0.4, 0.5) is 13.2 Å². The van der Waals surface area contributed by atoms with Crippen LogP contribution in [0, 0.1) is 5.82 Å². The van der Waals surface area contributed by atoms with Crippen LogP contribution >= 0.6 is 0 Å². The zero-order valence-corrected chi connectivity index (χ0v) is 17.6. The first-order valence-electron chi connectivity index (χ1n) is 10.5. The van der Waals surface area contributed by atoms with E-state index in [0.29, 0.717) is 16.7 Å². The molecule has 1 aliphatic heterocycles. The van der Waals surface area contributed by atoms with Gasteiger partial charge in [0.2, 0.25) is 5.89 Å². The summed E-state index contributed by atoms with van der Waals surface area (Å²) in [6.07, 6.45) is -4.10. The Labute approximate surface area is 192 Å². The lowest BCUT2D eigenvalue weighted by Gasteiger charge is -2.32. The molecule has 2 atom stereocenters. The van der Waals surface area contributed by atoms with Crippen LogP contribution in [0.2, 0.25) is 0 Å². The van der Waals surface area contributed by atoms with Gasteiger partial charge in [0.1, 0.15) is 11.9 Å². The zero-order valence-electron chi connectivity index (χ0n) is 17.6. The van der Waals surface area contributed by atoms with Crippen molar-refractivity contribution in [3.8, 4) is 11.5 Å². The third kappa shape index (κ3) is 3.84. The second-order valence-corrected chi connectivity index (χ2v) is 7.87. The monoisotopic (exact) mass is 465 g/mol. The maximum Gasteiger partial charge on any atom is 0.314 e. The fourth-order valence-corrected chi connectivity index (χ4v) is 4.18. The molecule has 0 saturated carbocycles. The number of rotatable bonds is 6. The summed E-state index contributed by atoms with van der Waals surface area (Å²) in [6, 6.07) is 18.4. The van der Waals surface area contributed by atoms with E-state index >= 15 is 0 Å². The van der Waals surface area contributed by atoms with Gasteiger partial charge in [-0.1, -0.05) is 54.6 Å². The van der Waals surface area contributed by atoms with Gasteiger partial charge < -0.3 is 14.4 Å². The molecule has 0 bridgehead atoms. The van der Waals surface area contributed by atoms with Crippen molar-refractivity contribution in [2.45, 2.75) is 25.1 Å². The highest BCUT2D eigenvalue weighted by Gasteiger charge is 2.39. The van der Waals surface area contributed by atoms with E-state index < -0.39 is 36.2 Å². The summed E-state index contributed by atoms with van der Waals surface area (Å²) in [4.78, 5) is 14.9. The Balaban J connectivity index is 1.53. The Morgan fingerprint density at radius 2 is 1.71 bits per heavy atom. The molecule has 0 fully saturated rings. The minimum Gasteiger partial charge on any atom is -0.415 e. The highest BCUT2D eigenvalue weighted by atomic mass is 19.3. The number of aromatic nitrogens is 2. The summed E-state index contributed by atoms with van der Waals surface area (Å²) in [5.41, 5.74) is 1.95. The van der Waals surface area contributed by atoms with Gasteiger partial charge in [-0.15, -0.1) is 10.2 Å². The predicted molar refractivity (Wildman–Crippen MR) is 115 cm³/mol. The van der Waals surface area contributed by atoms with Gasteiger partial charge in [0.15, 0.2) is 0 Å². The number of hydrogen-bond donors (Lipinski definition) is 1. The lowest BCUT2D eigenvalue weighted by Crippen LogP contribution is -2.34. The number of alkyl halides is 2. The smallest absolute Gasteiger partial charge is 0.314 e. The Hall–Kier alpha value is -3.98. The van der Waals surface area contributed by atoms with Gasteiger partial charge in [-0.2, -0.15) is 8.78 Å². The lowest BCUT2D eigenvalue weighted by atomic mass is 9.94. The molecule has 1 amide bonds. The van der Waals surface area contributed by atoms with Crippen molar-refractivity contribution in [1.82, 2.24) is 15.1 Å². The van der Waals surface area contributed by atoms with Crippen molar-refractivity contribution in [3.63, 3.8) is 0 Å². The van der Waals surface area contributed by atoms with Crippen LogP contribution in [0.3, 0.4) is 0 Å². The van der Waals surface area contributed by atoms with Crippen LogP contribution in [-0.2, 0) is 6.54 Å². The van der Waals surface area contributed by atoms with Crippen molar-refractivity contribution >= 4 is 5.91 Å². The number of benzene rings is 3. The number of nitrogens with zero attached hydrogens (tertiary/aromatic N) is 3. The van der Waals surface area contributed by atoms with Gasteiger partial charge in [-0.3, -0.25) is 4.79 Å². The molecule has 2 heterocycles. The topological polar surface area (TPSA) is 79.5 Å². The van der Waals surface area contributed by atoms with Gasteiger partial charge >= 0.3 is 6.43 Å². The molecule has 6 nitrogen and oxygen atoms in total. The highest BCUT2D eigenvalue weighted by molar-refractivity contribution is 5.99. The van der Waals surface area contributed by atoms with E-state index in [0.717, 1.165) is 0 Å². The van der Waals surface area contributed by atoms with Crippen molar-refractivity contribution < 1.29 is 27.5 Å². The van der Waals surface area contributed by atoms with Gasteiger partial charge in [-0.25, -0.2) is 4.39 Å². The number of carbonyl (C=O) groups excluding carboxylic acids is 1. The van der Waals surface area contributed by atoms with E-state index in [2.05, 4.69) is 10.2 Å². The molecular weight excluding hydrogens is 447 g/mol.